The first-order valence-electron chi connectivity index (χ1n) is 7.48. The molecule has 1 aliphatic rings. The van der Waals surface area contributed by atoms with Gasteiger partial charge in [0.1, 0.15) is 18.5 Å². The Morgan fingerprint density at radius 3 is 2.29 bits per heavy atom. The van der Waals surface area contributed by atoms with Crippen molar-refractivity contribution < 1.29 is 19.4 Å². The van der Waals surface area contributed by atoms with Crippen LogP contribution in [0.1, 0.15) is 10.4 Å². The lowest BCUT2D eigenvalue weighted by Crippen LogP contribution is -2.47. The van der Waals surface area contributed by atoms with Crippen LogP contribution in [-0.4, -0.2) is 80.5 Å². The Morgan fingerprint density at radius 1 is 1.17 bits per heavy atom. The van der Waals surface area contributed by atoms with E-state index in [9.17, 15) is 9.90 Å². The molecule has 1 atom stereocenters. The number of nitrogens with zero attached hydrogens (tertiary/aromatic N) is 2. The maximum absolute atomic E-state index is 11.3. The monoisotopic (exact) mass is 380 g/mol. The molecule has 0 aromatic heterocycles. The normalized spacial score (nSPS) is 16.5. The van der Waals surface area contributed by atoms with E-state index in [1.54, 1.807) is 24.3 Å². The van der Waals surface area contributed by atoms with Gasteiger partial charge in [-0.25, -0.2) is 4.79 Å². The largest absolute Gasteiger partial charge is 0.491 e. The van der Waals surface area contributed by atoms with Crippen molar-refractivity contribution in [3.05, 3.63) is 29.8 Å². The molecule has 0 radical (unpaired) electrons. The van der Waals surface area contributed by atoms with E-state index in [0.717, 1.165) is 26.2 Å². The standard InChI is InChI=1S/C16H24N2O4.2ClH/c1-17-7-9-18(10-8-17)11-14(19)12-22-15-5-3-13(4-6-15)16(20)21-2;;/h3-6,14,19H,7-12H2,1-2H3;2*1H. The summed E-state index contributed by atoms with van der Waals surface area (Å²) in [7, 11) is 3.45. The molecular formula is C16H26Cl2N2O4. The van der Waals surface area contributed by atoms with Gasteiger partial charge in [0, 0.05) is 32.7 Å². The number of benzene rings is 1. The first-order chi connectivity index (χ1) is 10.6. The molecule has 0 spiro atoms. The van der Waals surface area contributed by atoms with Gasteiger partial charge in [0.2, 0.25) is 0 Å². The smallest absolute Gasteiger partial charge is 0.337 e. The summed E-state index contributed by atoms with van der Waals surface area (Å²) in [5.74, 6) is 0.256. The van der Waals surface area contributed by atoms with E-state index in [1.165, 1.54) is 7.11 Å². The number of carbonyl (C=O) groups is 1. The number of hydrogen-bond donors (Lipinski definition) is 1. The molecule has 1 aliphatic heterocycles. The van der Waals surface area contributed by atoms with Crippen molar-refractivity contribution >= 4 is 30.8 Å². The number of likely N-dealkylation sites (N-methyl/N-ethyl adjacent to an activating group) is 1. The number of ether oxygens (including phenoxy) is 2. The van der Waals surface area contributed by atoms with Crippen molar-refractivity contribution in [1.29, 1.82) is 0 Å². The highest BCUT2D eigenvalue weighted by molar-refractivity contribution is 5.89. The number of aliphatic hydroxyl groups is 1. The SMILES string of the molecule is COC(=O)c1ccc(OCC(O)CN2CCN(C)CC2)cc1.Cl.Cl. The fourth-order valence-corrected chi connectivity index (χ4v) is 2.38. The Morgan fingerprint density at radius 2 is 1.75 bits per heavy atom. The molecule has 138 valence electrons. The van der Waals surface area contributed by atoms with E-state index in [2.05, 4.69) is 21.6 Å². The van der Waals surface area contributed by atoms with Crippen LogP contribution in [0.2, 0.25) is 0 Å². The maximum Gasteiger partial charge on any atom is 0.337 e. The van der Waals surface area contributed by atoms with E-state index in [-0.39, 0.29) is 37.4 Å². The zero-order valence-corrected chi connectivity index (χ0v) is 15.6. The Balaban J connectivity index is 0.00000264. The molecule has 1 heterocycles. The zero-order valence-electron chi connectivity index (χ0n) is 14.0. The molecule has 0 aliphatic carbocycles. The molecule has 1 N–H and O–H groups in total. The van der Waals surface area contributed by atoms with Gasteiger partial charge in [-0.1, -0.05) is 0 Å². The second-order valence-electron chi connectivity index (χ2n) is 5.58. The second-order valence-corrected chi connectivity index (χ2v) is 5.58. The highest BCUT2D eigenvalue weighted by Gasteiger charge is 2.17. The summed E-state index contributed by atoms with van der Waals surface area (Å²) in [6.45, 7) is 4.87. The summed E-state index contributed by atoms with van der Waals surface area (Å²) in [5.41, 5.74) is 0.479. The third-order valence-electron chi connectivity index (χ3n) is 3.78. The lowest BCUT2D eigenvalue weighted by atomic mass is 10.2. The van der Waals surface area contributed by atoms with E-state index >= 15 is 0 Å². The number of β-amino-alcohol motifs (C(OH)–C–C–N with tert-alkyl or cyclic N) is 1. The van der Waals surface area contributed by atoms with Gasteiger partial charge in [-0.05, 0) is 31.3 Å². The summed E-state index contributed by atoms with van der Waals surface area (Å²) in [5, 5.41) is 10.1. The van der Waals surface area contributed by atoms with Crippen molar-refractivity contribution in [3.63, 3.8) is 0 Å². The fourth-order valence-electron chi connectivity index (χ4n) is 2.38. The summed E-state index contributed by atoms with van der Waals surface area (Å²) < 4.78 is 10.2. The van der Waals surface area contributed by atoms with Gasteiger partial charge in [0.05, 0.1) is 12.7 Å². The molecule has 1 aromatic rings. The van der Waals surface area contributed by atoms with Gasteiger partial charge in [-0.3, -0.25) is 4.90 Å². The lowest BCUT2D eigenvalue weighted by molar-refractivity contribution is 0.0504. The van der Waals surface area contributed by atoms with Gasteiger partial charge in [0.15, 0.2) is 0 Å². The molecule has 0 bridgehead atoms. The number of esters is 1. The van der Waals surface area contributed by atoms with Crippen molar-refractivity contribution in [2.24, 2.45) is 0 Å². The highest BCUT2D eigenvalue weighted by Crippen LogP contribution is 2.13. The van der Waals surface area contributed by atoms with Crippen molar-refractivity contribution in [2.75, 3.05) is 53.5 Å². The van der Waals surface area contributed by atoms with Crippen molar-refractivity contribution in [2.45, 2.75) is 6.10 Å². The predicted molar refractivity (Wildman–Crippen MR) is 97.7 cm³/mol. The Kier molecular flexibility index (Phi) is 11.0. The van der Waals surface area contributed by atoms with Crippen LogP contribution in [-0.2, 0) is 4.74 Å². The van der Waals surface area contributed by atoms with Gasteiger partial charge in [-0.15, -0.1) is 24.8 Å². The van der Waals surface area contributed by atoms with Gasteiger partial charge in [0.25, 0.3) is 0 Å². The van der Waals surface area contributed by atoms with Gasteiger partial charge >= 0.3 is 5.97 Å². The fraction of sp³-hybridized carbons (Fsp3) is 0.562. The van der Waals surface area contributed by atoms with Crippen LogP contribution in [0.5, 0.6) is 5.75 Å². The number of carbonyl (C=O) groups excluding carboxylic acids is 1. The molecule has 0 saturated carbocycles. The van der Waals surface area contributed by atoms with Gasteiger partial charge in [-0.2, -0.15) is 0 Å². The third-order valence-corrected chi connectivity index (χ3v) is 3.78. The Hall–Kier alpha value is -1.05. The molecule has 2 rings (SSSR count). The van der Waals surface area contributed by atoms with E-state index in [4.69, 9.17) is 4.74 Å². The molecule has 1 fully saturated rings. The molecule has 6 nitrogen and oxygen atoms in total. The van der Waals surface area contributed by atoms with E-state index in [1.807, 2.05) is 0 Å². The van der Waals surface area contributed by atoms with E-state index < -0.39 is 6.10 Å². The molecule has 24 heavy (non-hydrogen) atoms. The zero-order chi connectivity index (χ0) is 15.9. The molecule has 1 unspecified atom stereocenters. The van der Waals surface area contributed by atoms with Crippen molar-refractivity contribution in [3.8, 4) is 5.75 Å². The molecule has 8 heteroatoms. The quantitative estimate of drug-likeness (QED) is 0.750. The summed E-state index contributed by atoms with van der Waals surface area (Å²) in [4.78, 5) is 15.8. The minimum atomic E-state index is -0.524. The third kappa shape index (κ3) is 7.23. The van der Waals surface area contributed by atoms with Crippen LogP contribution in [0.4, 0.5) is 0 Å². The maximum atomic E-state index is 11.3. The topological polar surface area (TPSA) is 62.2 Å². The average molecular weight is 381 g/mol. The van der Waals surface area contributed by atoms with Gasteiger partial charge < -0.3 is 19.5 Å². The van der Waals surface area contributed by atoms with Crippen LogP contribution in [0.3, 0.4) is 0 Å². The van der Waals surface area contributed by atoms with Crippen molar-refractivity contribution in [1.82, 2.24) is 9.80 Å². The first kappa shape index (κ1) is 22.9. The highest BCUT2D eigenvalue weighted by atomic mass is 35.5. The van der Waals surface area contributed by atoms with Crippen LogP contribution in [0.15, 0.2) is 24.3 Å². The summed E-state index contributed by atoms with van der Waals surface area (Å²) in [6.07, 6.45) is -0.524. The van der Waals surface area contributed by atoms with Crippen LogP contribution in [0, 0.1) is 0 Å². The molecular weight excluding hydrogens is 355 g/mol. The lowest BCUT2D eigenvalue weighted by Gasteiger charge is -2.33. The second kappa shape index (κ2) is 11.5. The number of aliphatic hydroxyl groups excluding tert-OH is 1. The number of rotatable bonds is 6. The molecule has 0 amide bonds. The summed E-state index contributed by atoms with van der Waals surface area (Å²) in [6, 6.07) is 6.70. The molecule has 1 aromatic carbocycles. The number of piperazine rings is 1. The summed E-state index contributed by atoms with van der Waals surface area (Å²) >= 11 is 0. The first-order valence-corrected chi connectivity index (χ1v) is 7.48. The minimum Gasteiger partial charge on any atom is -0.491 e. The van der Waals surface area contributed by atoms with Crippen LogP contribution in [0.25, 0.3) is 0 Å². The minimum absolute atomic E-state index is 0. The Bertz CT molecular complexity index is 479. The molecule has 1 saturated heterocycles. The Labute approximate surface area is 155 Å². The van der Waals surface area contributed by atoms with Crippen LogP contribution >= 0.6 is 24.8 Å². The number of halogens is 2. The van der Waals surface area contributed by atoms with E-state index in [0.29, 0.717) is 17.9 Å². The average Bonchev–Trinajstić information content (AvgIpc) is 2.55. The van der Waals surface area contributed by atoms with Crippen LogP contribution < -0.4 is 4.74 Å². The predicted octanol–water partition coefficient (Wildman–Crippen LogP) is 1.30. The number of methoxy groups -OCH3 is 1. The number of hydrogen-bond acceptors (Lipinski definition) is 6.